The number of likely N-dealkylation sites (N-methyl/N-ethyl adjacent to an activating group) is 1. The van der Waals surface area contributed by atoms with Crippen molar-refractivity contribution in [2.45, 2.75) is 19.1 Å². The lowest BCUT2D eigenvalue weighted by Gasteiger charge is -2.33. The summed E-state index contributed by atoms with van der Waals surface area (Å²) in [6.07, 6.45) is 0.161. The minimum Gasteiger partial charge on any atom is -0.465 e. The molecule has 1 N–H and O–H groups in total. The highest BCUT2D eigenvalue weighted by molar-refractivity contribution is 5.11. The fourth-order valence-electron chi connectivity index (χ4n) is 2.17. The molecule has 16 heavy (non-hydrogen) atoms. The predicted octanol–water partition coefficient (Wildman–Crippen LogP) is 1.18. The summed E-state index contributed by atoms with van der Waals surface area (Å²) in [5, 5.41) is 3.35. The van der Waals surface area contributed by atoms with Crippen LogP contribution in [0.4, 0.5) is 0 Å². The van der Waals surface area contributed by atoms with E-state index in [-0.39, 0.29) is 12.1 Å². The first kappa shape index (κ1) is 11.6. The van der Waals surface area contributed by atoms with E-state index >= 15 is 0 Å². The number of aryl methyl sites for hydroxylation is 1. The van der Waals surface area contributed by atoms with Crippen molar-refractivity contribution in [2.24, 2.45) is 0 Å². The molecule has 0 bridgehead atoms. The second-order valence-corrected chi connectivity index (χ2v) is 4.47. The topological polar surface area (TPSA) is 37.6 Å². The molecule has 1 aliphatic rings. The van der Waals surface area contributed by atoms with Crippen molar-refractivity contribution >= 4 is 0 Å². The molecule has 0 aromatic carbocycles. The van der Waals surface area contributed by atoms with Gasteiger partial charge in [-0.2, -0.15) is 0 Å². The standard InChI is InChI=1S/C12H20N2O2/c1-9-4-5-10(16-9)12(14(2)3)11-8-13-6-7-15-11/h4-5,11-13H,6-8H2,1-3H3. The highest BCUT2D eigenvalue weighted by Gasteiger charge is 2.29. The van der Waals surface area contributed by atoms with E-state index in [0.29, 0.717) is 0 Å². The Labute approximate surface area is 96.6 Å². The number of nitrogens with zero attached hydrogens (tertiary/aromatic N) is 1. The van der Waals surface area contributed by atoms with E-state index in [1.165, 1.54) is 0 Å². The number of nitrogens with one attached hydrogen (secondary N) is 1. The lowest BCUT2D eigenvalue weighted by atomic mass is 10.1. The van der Waals surface area contributed by atoms with Gasteiger partial charge in [0.2, 0.25) is 0 Å². The Kier molecular flexibility index (Phi) is 3.63. The molecule has 2 heterocycles. The van der Waals surface area contributed by atoms with Crippen LogP contribution in [0.15, 0.2) is 16.5 Å². The lowest BCUT2D eigenvalue weighted by molar-refractivity contribution is -0.0272. The zero-order valence-corrected chi connectivity index (χ0v) is 10.2. The summed E-state index contributed by atoms with van der Waals surface area (Å²) in [6, 6.07) is 4.22. The first-order valence-electron chi connectivity index (χ1n) is 5.73. The Hall–Kier alpha value is -0.840. The summed E-state index contributed by atoms with van der Waals surface area (Å²) in [4.78, 5) is 2.15. The van der Waals surface area contributed by atoms with Crippen molar-refractivity contribution in [3.63, 3.8) is 0 Å². The Morgan fingerprint density at radius 1 is 1.44 bits per heavy atom. The van der Waals surface area contributed by atoms with Gasteiger partial charge in [-0.05, 0) is 33.2 Å². The molecule has 0 radical (unpaired) electrons. The maximum Gasteiger partial charge on any atom is 0.123 e. The van der Waals surface area contributed by atoms with E-state index in [1.807, 2.05) is 19.1 Å². The van der Waals surface area contributed by atoms with E-state index in [4.69, 9.17) is 9.15 Å². The molecule has 0 aliphatic carbocycles. The molecular weight excluding hydrogens is 204 g/mol. The fraction of sp³-hybridized carbons (Fsp3) is 0.667. The van der Waals surface area contributed by atoms with Gasteiger partial charge in [-0.3, -0.25) is 4.90 Å². The average molecular weight is 224 g/mol. The van der Waals surface area contributed by atoms with Crippen LogP contribution in [-0.4, -0.2) is 44.8 Å². The second-order valence-electron chi connectivity index (χ2n) is 4.47. The number of hydrogen-bond acceptors (Lipinski definition) is 4. The maximum atomic E-state index is 5.80. The maximum absolute atomic E-state index is 5.80. The van der Waals surface area contributed by atoms with Gasteiger partial charge in [0, 0.05) is 13.1 Å². The van der Waals surface area contributed by atoms with E-state index in [9.17, 15) is 0 Å². The minimum absolute atomic E-state index is 0.161. The highest BCUT2D eigenvalue weighted by Crippen LogP contribution is 2.26. The molecule has 0 saturated carbocycles. The average Bonchev–Trinajstić information content (AvgIpc) is 2.66. The lowest BCUT2D eigenvalue weighted by Crippen LogP contribution is -2.45. The van der Waals surface area contributed by atoms with Gasteiger partial charge in [-0.1, -0.05) is 0 Å². The molecule has 1 aromatic heterocycles. The van der Waals surface area contributed by atoms with Crippen LogP contribution in [-0.2, 0) is 4.74 Å². The van der Waals surface area contributed by atoms with Gasteiger partial charge in [0.15, 0.2) is 0 Å². The van der Waals surface area contributed by atoms with Gasteiger partial charge in [-0.15, -0.1) is 0 Å². The van der Waals surface area contributed by atoms with Gasteiger partial charge >= 0.3 is 0 Å². The first-order valence-corrected chi connectivity index (χ1v) is 5.73. The van der Waals surface area contributed by atoms with Gasteiger partial charge in [0.1, 0.15) is 11.5 Å². The van der Waals surface area contributed by atoms with Gasteiger partial charge in [-0.25, -0.2) is 0 Å². The largest absolute Gasteiger partial charge is 0.465 e. The van der Waals surface area contributed by atoms with Crippen LogP contribution in [0, 0.1) is 6.92 Å². The summed E-state index contributed by atoms with van der Waals surface area (Å²) in [6.45, 7) is 4.56. The molecule has 4 nitrogen and oxygen atoms in total. The number of furan rings is 1. The van der Waals surface area contributed by atoms with Gasteiger partial charge < -0.3 is 14.5 Å². The number of morpholine rings is 1. The Balaban J connectivity index is 2.16. The summed E-state index contributed by atoms with van der Waals surface area (Å²) >= 11 is 0. The second kappa shape index (κ2) is 4.99. The molecule has 4 heteroatoms. The van der Waals surface area contributed by atoms with Gasteiger partial charge in [0.25, 0.3) is 0 Å². The molecule has 1 saturated heterocycles. The van der Waals surface area contributed by atoms with Crippen molar-refractivity contribution in [1.82, 2.24) is 10.2 Å². The van der Waals surface area contributed by atoms with Crippen LogP contribution in [0.25, 0.3) is 0 Å². The smallest absolute Gasteiger partial charge is 0.123 e. The summed E-state index contributed by atoms with van der Waals surface area (Å²) < 4.78 is 11.5. The molecule has 2 unspecified atom stereocenters. The molecule has 1 aromatic rings. The number of hydrogen-bond donors (Lipinski definition) is 1. The SMILES string of the molecule is Cc1ccc(C(C2CNCCO2)N(C)C)o1. The highest BCUT2D eigenvalue weighted by atomic mass is 16.5. The zero-order valence-electron chi connectivity index (χ0n) is 10.2. The molecule has 90 valence electrons. The van der Waals surface area contributed by atoms with E-state index in [2.05, 4.69) is 24.3 Å². The van der Waals surface area contributed by atoms with Crippen LogP contribution in [0.5, 0.6) is 0 Å². The zero-order chi connectivity index (χ0) is 11.5. The van der Waals surface area contributed by atoms with Crippen molar-refractivity contribution in [3.05, 3.63) is 23.7 Å². The van der Waals surface area contributed by atoms with Crippen LogP contribution in [0.2, 0.25) is 0 Å². The number of ether oxygens (including phenoxy) is 1. The van der Waals surface area contributed by atoms with Crippen LogP contribution >= 0.6 is 0 Å². The third-order valence-electron chi connectivity index (χ3n) is 2.92. The van der Waals surface area contributed by atoms with Crippen LogP contribution < -0.4 is 5.32 Å². The molecule has 1 aliphatic heterocycles. The molecule has 0 spiro atoms. The summed E-state index contributed by atoms with van der Waals surface area (Å²) in [7, 11) is 4.11. The molecule has 0 amide bonds. The Morgan fingerprint density at radius 3 is 2.75 bits per heavy atom. The van der Waals surface area contributed by atoms with Crippen LogP contribution in [0.1, 0.15) is 17.6 Å². The van der Waals surface area contributed by atoms with Crippen molar-refractivity contribution < 1.29 is 9.15 Å². The minimum atomic E-state index is 0.161. The number of rotatable bonds is 3. The monoisotopic (exact) mass is 224 g/mol. The van der Waals surface area contributed by atoms with Crippen molar-refractivity contribution in [3.8, 4) is 0 Å². The van der Waals surface area contributed by atoms with E-state index in [1.54, 1.807) is 0 Å². The fourth-order valence-corrected chi connectivity index (χ4v) is 2.17. The quantitative estimate of drug-likeness (QED) is 0.836. The van der Waals surface area contributed by atoms with Crippen LogP contribution in [0.3, 0.4) is 0 Å². The third-order valence-corrected chi connectivity index (χ3v) is 2.92. The Bertz CT molecular complexity index is 330. The van der Waals surface area contributed by atoms with Crippen molar-refractivity contribution in [1.29, 1.82) is 0 Å². The van der Waals surface area contributed by atoms with Gasteiger partial charge in [0.05, 0.1) is 18.8 Å². The Morgan fingerprint density at radius 2 is 2.25 bits per heavy atom. The summed E-state index contributed by atoms with van der Waals surface area (Å²) in [5.74, 6) is 1.93. The molecule has 2 rings (SSSR count). The van der Waals surface area contributed by atoms with E-state index in [0.717, 1.165) is 31.2 Å². The molecule has 1 fully saturated rings. The first-order chi connectivity index (χ1) is 7.68. The van der Waals surface area contributed by atoms with E-state index < -0.39 is 0 Å². The normalized spacial score (nSPS) is 23.6. The predicted molar refractivity (Wildman–Crippen MR) is 62.5 cm³/mol. The third kappa shape index (κ3) is 2.45. The van der Waals surface area contributed by atoms with Crippen molar-refractivity contribution in [2.75, 3.05) is 33.8 Å². The molecular formula is C12H20N2O2. The summed E-state index contributed by atoms with van der Waals surface area (Å²) in [5.41, 5.74) is 0. The molecule has 2 atom stereocenters.